The minimum Gasteiger partial charge on any atom is -0.354 e. The van der Waals surface area contributed by atoms with Crippen LogP contribution in [0.3, 0.4) is 0 Å². The molecule has 3 rings (SSSR count). The van der Waals surface area contributed by atoms with Crippen molar-refractivity contribution in [3.05, 3.63) is 30.1 Å². The molecule has 0 radical (unpaired) electrons. The molecule has 2 aliphatic heterocycles. The number of likely N-dealkylation sites (tertiary alicyclic amines) is 1. The molecule has 2 aliphatic rings. The number of likely N-dealkylation sites (N-methyl/N-ethyl adjacent to an activating group) is 1. The SMILES string of the molecule is CCN1CCCC1CNC(=O)C1CCN(S(=O)(=O)c2ccc(F)cc2)CC1. The van der Waals surface area contributed by atoms with Gasteiger partial charge in [0.2, 0.25) is 15.9 Å². The van der Waals surface area contributed by atoms with E-state index in [1.54, 1.807) is 0 Å². The van der Waals surface area contributed by atoms with Gasteiger partial charge in [0, 0.05) is 31.6 Å². The Balaban J connectivity index is 1.50. The van der Waals surface area contributed by atoms with Crippen molar-refractivity contribution in [3.8, 4) is 0 Å². The van der Waals surface area contributed by atoms with Gasteiger partial charge < -0.3 is 5.32 Å². The van der Waals surface area contributed by atoms with Crippen LogP contribution >= 0.6 is 0 Å². The minimum atomic E-state index is -3.64. The number of hydrogen-bond acceptors (Lipinski definition) is 4. The van der Waals surface area contributed by atoms with Gasteiger partial charge in [-0.1, -0.05) is 6.92 Å². The summed E-state index contributed by atoms with van der Waals surface area (Å²) in [7, 11) is -3.64. The maximum atomic E-state index is 13.0. The molecular formula is C19H28FN3O3S. The molecule has 2 heterocycles. The molecule has 1 aromatic carbocycles. The topological polar surface area (TPSA) is 69.7 Å². The van der Waals surface area contributed by atoms with Crippen molar-refractivity contribution < 1.29 is 17.6 Å². The maximum Gasteiger partial charge on any atom is 0.243 e. The third-order valence-corrected chi connectivity index (χ3v) is 7.61. The summed E-state index contributed by atoms with van der Waals surface area (Å²) in [5.41, 5.74) is 0. The quantitative estimate of drug-likeness (QED) is 0.795. The van der Waals surface area contributed by atoms with Crippen LogP contribution in [0.15, 0.2) is 29.2 Å². The van der Waals surface area contributed by atoms with E-state index in [9.17, 15) is 17.6 Å². The standard InChI is InChI=1S/C19H28FN3O3S/c1-2-22-11-3-4-17(22)14-21-19(24)15-9-12-23(13-10-15)27(25,26)18-7-5-16(20)6-8-18/h5-8,15,17H,2-4,9-14H2,1H3,(H,21,24). The Morgan fingerprint density at radius 3 is 2.44 bits per heavy atom. The molecule has 1 amide bonds. The fraction of sp³-hybridized carbons (Fsp3) is 0.632. The minimum absolute atomic E-state index is 0.0248. The lowest BCUT2D eigenvalue weighted by Gasteiger charge is -2.31. The lowest BCUT2D eigenvalue weighted by molar-refractivity contribution is -0.126. The summed E-state index contributed by atoms with van der Waals surface area (Å²) in [6, 6.07) is 5.28. The first-order valence-corrected chi connectivity index (χ1v) is 11.1. The van der Waals surface area contributed by atoms with E-state index in [2.05, 4.69) is 17.1 Å². The Bertz CT molecular complexity index is 746. The number of hydrogen-bond donors (Lipinski definition) is 1. The smallest absolute Gasteiger partial charge is 0.243 e. The number of amides is 1. The van der Waals surface area contributed by atoms with Crippen molar-refractivity contribution in [2.24, 2.45) is 5.92 Å². The monoisotopic (exact) mass is 397 g/mol. The number of nitrogens with zero attached hydrogens (tertiary/aromatic N) is 2. The number of nitrogens with one attached hydrogen (secondary N) is 1. The molecular weight excluding hydrogens is 369 g/mol. The zero-order valence-corrected chi connectivity index (χ0v) is 16.5. The van der Waals surface area contributed by atoms with Crippen LogP contribution in [-0.4, -0.2) is 62.3 Å². The summed E-state index contributed by atoms with van der Waals surface area (Å²) in [6.45, 7) is 5.51. The molecule has 0 aliphatic carbocycles. The van der Waals surface area contributed by atoms with Crippen molar-refractivity contribution in [1.29, 1.82) is 0 Å². The molecule has 27 heavy (non-hydrogen) atoms. The highest BCUT2D eigenvalue weighted by Gasteiger charge is 2.32. The zero-order valence-electron chi connectivity index (χ0n) is 15.7. The van der Waals surface area contributed by atoms with Gasteiger partial charge in [0.1, 0.15) is 5.82 Å². The van der Waals surface area contributed by atoms with Crippen LogP contribution in [0, 0.1) is 11.7 Å². The summed E-state index contributed by atoms with van der Waals surface area (Å²) in [6.07, 6.45) is 3.30. The fourth-order valence-electron chi connectivity index (χ4n) is 4.02. The first kappa shape index (κ1) is 20.2. The molecule has 0 spiro atoms. The largest absolute Gasteiger partial charge is 0.354 e. The highest BCUT2D eigenvalue weighted by atomic mass is 32.2. The van der Waals surface area contributed by atoms with Gasteiger partial charge in [0.05, 0.1) is 4.90 Å². The summed E-state index contributed by atoms with van der Waals surface area (Å²) < 4.78 is 39.7. The lowest BCUT2D eigenvalue weighted by Crippen LogP contribution is -2.45. The second-order valence-electron chi connectivity index (χ2n) is 7.30. The van der Waals surface area contributed by atoms with Gasteiger partial charge in [-0.25, -0.2) is 12.8 Å². The highest BCUT2D eigenvalue weighted by molar-refractivity contribution is 7.89. The van der Waals surface area contributed by atoms with Crippen molar-refractivity contribution in [2.75, 3.05) is 32.7 Å². The number of sulfonamides is 1. The Morgan fingerprint density at radius 2 is 1.81 bits per heavy atom. The van der Waals surface area contributed by atoms with Crippen LogP contribution in [0.4, 0.5) is 4.39 Å². The molecule has 150 valence electrons. The third kappa shape index (κ3) is 4.67. The van der Waals surface area contributed by atoms with Crippen molar-refractivity contribution >= 4 is 15.9 Å². The fourth-order valence-corrected chi connectivity index (χ4v) is 5.49. The predicted molar refractivity (Wildman–Crippen MR) is 101 cm³/mol. The normalized spacial score (nSPS) is 22.8. The summed E-state index contributed by atoms with van der Waals surface area (Å²) in [4.78, 5) is 15.0. The highest BCUT2D eigenvalue weighted by Crippen LogP contribution is 2.24. The molecule has 6 nitrogen and oxygen atoms in total. The molecule has 2 saturated heterocycles. The molecule has 2 fully saturated rings. The first-order valence-electron chi connectivity index (χ1n) is 9.69. The summed E-state index contributed by atoms with van der Waals surface area (Å²) >= 11 is 0. The van der Waals surface area contributed by atoms with E-state index >= 15 is 0 Å². The molecule has 8 heteroatoms. The zero-order chi connectivity index (χ0) is 19.4. The van der Waals surface area contributed by atoms with Gasteiger partial charge in [0.25, 0.3) is 0 Å². The van der Waals surface area contributed by atoms with Gasteiger partial charge in [0.15, 0.2) is 0 Å². The van der Waals surface area contributed by atoms with Crippen LogP contribution in [0.5, 0.6) is 0 Å². The van der Waals surface area contributed by atoms with Gasteiger partial charge in [-0.05, 0) is 63.0 Å². The van der Waals surface area contributed by atoms with E-state index in [1.165, 1.54) is 22.9 Å². The van der Waals surface area contributed by atoms with E-state index < -0.39 is 15.8 Å². The molecule has 0 aromatic heterocycles. The van der Waals surface area contributed by atoms with Gasteiger partial charge in [-0.2, -0.15) is 4.31 Å². The van der Waals surface area contributed by atoms with Gasteiger partial charge >= 0.3 is 0 Å². The average molecular weight is 398 g/mol. The van der Waals surface area contributed by atoms with E-state index in [-0.39, 0.29) is 16.7 Å². The summed E-state index contributed by atoms with van der Waals surface area (Å²) in [5, 5.41) is 3.06. The summed E-state index contributed by atoms with van der Waals surface area (Å²) in [5.74, 6) is -0.592. The first-order chi connectivity index (χ1) is 12.9. The second kappa shape index (κ2) is 8.67. The van der Waals surface area contributed by atoms with E-state index in [4.69, 9.17) is 0 Å². The Labute approximate surface area is 160 Å². The maximum absolute atomic E-state index is 13.0. The Hall–Kier alpha value is -1.51. The molecule has 1 atom stereocenters. The van der Waals surface area contributed by atoms with E-state index in [0.29, 0.717) is 38.5 Å². The molecule has 1 N–H and O–H groups in total. The third-order valence-electron chi connectivity index (χ3n) is 5.69. The number of carbonyl (C=O) groups is 1. The van der Waals surface area contributed by atoms with Crippen molar-refractivity contribution in [2.45, 2.75) is 43.5 Å². The van der Waals surface area contributed by atoms with Crippen molar-refractivity contribution in [3.63, 3.8) is 0 Å². The lowest BCUT2D eigenvalue weighted by atomic mass is 9.97. The Kier molecular flexibility index (Phi) is 6.49. The van der Waals surface area contributed by atoms with Crippen molar-refractivity contribution in [1.82, 2.24) is 14.5 Å². The number of carbonyl (C=O) groups excluding carboxylic acids is 1. The Morgan fingerprint density at radius 1 is 1.15 bits per heavy atom. The van der Waals surface area contributed by atoms with Crippen LogP contribution in [0.2, 0.25) is 0 Å². The predicted octanol–water partition coefficient (Wildman–Crippen LogP) is 1.83. The number of benzene rings is 1. The van der Waals surface area contributed by atoms with E-state index in [1.807, 2.05) is 0 Å². The van der Waals surface area contributed by atoms with Crippen LogP contribution < -0.4 is 5.32 Å². The average Bonchev–Trinajstić information content (AvgIpc) is 3.14. The van der Waals surface area contributed by atoms with E-state index in [0.717, 1.165) is 31.6 Å². The van der Waals surface area contributed by atoms with Gasteiger partial charge in [-0.3, -0.25) is 9.69 Å². The van der Waals surface area contributed by atoms with Crippen LogP contribution in [0.25, 0.3) is 0 Å². The number of halogens is 1. The molecule has 0 bridgehead atoms. The van der Waals surface area contributed by atoms with Crippen LogP contribution in [0.1, 0.15) is 32.6 Å². The molecule has 1 unspecified atom stereocenters. The van der Waals surface area contributed by atoms with Crippen LogP contribution in [-0.2, 0) is 14.8 Å². The number of rotatable bonds is 6. The van der Waals surface area contributed by atoms with Gasteiger partial charge in [-0.15, -0.1) is 0 Å². The number of piperidine rings is 1. The molecule has 0 saturated carbocycles. The second-order valence-corrected chi connectivity index (χ2v) is 9.24. The molecule has 1 aromatic rings.